The lowest BCUT2D eigenvalue weighted by Gasteiger charge is -2.32. The van der Waals surface area contributed by atoms with E-state index in [1.165, 1.54) is 4.31 Å². The maximum absolute atomic E-state index is 13.0. The smallest absolute Gasteiger partial charge is 0.243 e. The van der Waals surface area contributed by atoms with Crippen molar-refractivity contribution in [2.45, 2.75) is 36.6 Å². The molecule has 2 aromatic carbocycles. The Bertz CT molecular complexity index is 946. The number of fused-ring (bicyclic) bond motifs is 1. The Balaban J connectivity index is 1.39. The molecule has 7 heteroatoms. The van der Waals surface area contributed by atoms with Crippen molar-refractivity contribution in [2.24, 2.45) is 5.92 Å². The number of hydrogen-bond acceptors (Lipinski definition) is 4. The van der Waals surface area contributed by atoms with E-state index in [9.17, 15) is 13.2 Å². The highest BCUT2D eigenvalue weighted by Gasteiger charge is 2.33. The fraction of sp³-hybridized carbons (Fsp3) is 0.476. The lowest BCUT2D eigenvalue weighted by atomic mass is 9.96. The van der Waals surface area contributed by atoms with Gasteiger partial charge in [0.1, 0.15) is 0 Å². The number of sulfonamides is 1. The zero-order chi connectivity index (χ0) is 19.6. The van der Waals surface area contributed by atoms with Gasteiger partial charge in [-0.1, -0.05) is 30.3 Å². The second-order valence-electron chi connectivity index (χ2n) is 7.61. The van der Waals surface area contributed by atoms with E-state index in [2.05, 4.69) is 5.32 Å². The number of amides is 1. The van der Waals surface area contributed by atoms with Crippen LogP contribution >= 0.6 is 0 Å². The molecule has 2 fully saturated rings. The highest BCUT2D eigenvalue weighted by Crippen LogP contribution is 2.26. The van der Waals surface area contributed by atoms with E-state index < -0.39 is 10.0 Å². The first-order valence-corrected chi connectivity index (χ1v) is 11.3. The molecule has 4 rings (SSSR count). The molecule has 0 spiro atoms. The molecule has 0 saturated carbocycles. The minimum absolute atomic E-state index is 0.0262. The van der Waals surface area contributed by atoms with Crippen molar-refractivity contribution in [1.82, 2.24) is 9.62 Å². The van der Waals surface area contributed by atoms with Crippen molar-refractivity contribution in [1.29, 1.82) is 0 Å². The Kier molecular flexibility index (Phi) is 5.66. The molecule has 2 heterocycles. The predicted molar refractivity (Wildman–Crippen MR) is 107 cm³/mol. The molecular weight excluding hydrogens is 376 g/mol. The molecule has 2 saturated heterocycles. The van der Waals surface area contributed by atoms with Crippen molar-refractivity contribution in [3.63, 3.8) is 0 Å². The molecule has 150 valence electrons. The molecular formula is C21H26N2O4S. The first kappa shape index (κ1) is 19.4. The molecule has 1 N–H and O–H groups in total. The molecule has 28 heavy (non-hydrogen) atoms. The summed E-state index contributed by atoms with van der Waals surface area (Å²) in [6, 6.07) is 13.0. The molecule has 6 nitrogen and oxygen atoms in total. The number of rotatable bonds is 4. The molecule has 1 atom stereocenters. The Hall–Kier alpha value is -1.96. The van der Waals surface area contributed by atoms with Crippen molar-refractivity contribution < 1.29 is 17.9 Å². The summed E-state index contributed by atoms with van der Waals surface area (Å²) in [5, 5.41) is 4.99. The third kappa shape index (κ3) is 4.06. The van der Waals surface area contributed by atoms with Crippen LogP contribution in [-0.4, -0.2) is 51.0 Å². The molecule has 2 aliphatic heterocycles. The van der Waals surface area contributed by atoms with Crippen LogP contribution in [0.5, 0.6) is 0 Å². The van der Waals surface area contributed by atoms with Gasteiger partial charge in [-0.3, -0.25) is 4.79 Å². The predicted octanol–water partition coefficient (Wildman–Crippen LogP) is 2.54. The van der Waals surface area contributed by atoms with E-state index in [4.69, 9.17) is 4.74 Å². The van der Waals surface area contributed by atoms with Gasteiger partial charge in [0.25, 0.3) is 0 Å². The number of carbonyl (C=O) groups excluding carboxylic acids is 1. The van der Waals surface area contributed by atoms with Gasteiger partial charge in [-0.15, -0.1) is 0 Å². The highest BCUT2D eigenvalue weighted by molar-refractivity contribution is 7.89. The first-order chi connectivity index (χ1) is 13.5. The molecule has 1 unspecified atom stereocenters. The van der Waals surface area contributed by atoms with Crippen LogP contribution in [0.1, 0.15) is 25.7 Å². The summed E-state index contributed by atoms with van der Waals surface area (Å²) in [6.45, 7) is 2.07. The molecule has 2 aliphatic rings. The van der Waals surface area contributed by atoms with Crippen molar-refractivity contribution in [3.05, 3.63) is 42.5 Å². The lowest BCUT2D eigenvalue weighted by Crippen LogP contribution is -2.47. The summed E-state index contributed by atoms with van der Waals surface area (Å²) >= 11 is 0. The summed E-state index contributed by atoms with van der Waals surface area (Å²) in [5.74, 6) is -0.108. The number of nitrogens with zero attached hydrogens (tertiary/aromatic N) is 1. The van der Waals surface area contributed by atoms with Crippen LogP contribution in [0.15, 0.2) is 47.4 Å². The molecule has 0 bridgehead atoms. The third-order valence-electron chi connectivity index (χ3n) is 5.69. The Morgan fingerprint density at radius 3 is 2.50 bits per heavy atom. The summed E-state index contributed by atoms with van der Waals surface area (Å²) in [4.78, 5) is 12.8. The number of ether oxygens (including phenoxy) is 1. The number of benzene rings is 2. The summed E-state index contributed by atoms with van der Waals surface area (Å²) in [6.07, 6.45) is 3.01. The van der Waals surface area contributed by atoms with Crippen LogP contribution in [0.3, 0.4) is 0 Å². The average Bonchev–Trinajstić information content (AvgIpc) is 2.74. The Morgan fingerprint density at radius 2 is 1.79 bits per heavy atom. The molecule has 0 aromatic heterocycles. The van der Waals surface area contributed by atoms with E-state index in [-0.39, 0.29) is 17.9 Å². The second kappa shape index (κ2) is 8.19. The molecule has 2 aromatic rings. The summed E-state index contributed by atoms with van der Waals surface area (Å²) in [5.41, 5.74) is 0. The number of hydrogen-bond donors (Lipinski definition) is 1. The van der Waals surface area contributed by atoms with Gasteiger partial charge < -0.3 is 10.1 Å². The van der Waals surface area contributed by atoms with Gasteiger partial charge in [0.2, 0.25) is 15.9 Å². The van der Waals surface area contributed by atoms with Gasteiger partial charge in [-0.2, -0.15) is 4.31 Å². The van der Waals surface area contributed by atoms with Gasteiger partial charge in [0.05, 0.1) is 17.5 Å². The minimum atomic E-state index is -3.55. The van der Waals surface area contributed by atoms with E-state index in [0.29, 0.717) is 37.4 Å². The topological polar surface area (TPSA) is 75.7 Å². The standard InChI is InChI=1S/C21H26N2O4S/c24-21(22-19-6-3-13-27-15-19)17-9-11-23(12-10-17)28(25,26)20-8-7-16-4-1-2-5-18(16)14-20/h1-2,4-5,7-8,14,17,19H,3,6,9-13,15H2,(H,22,24). The van der Waals surface area contributed by atoms with Crippen LogP contribution in [0.2, 0.25) is 0 Å². The Morgan fingerprint density at radius 1 is 1.04 bits per heavy atom. The van der Waals surface area contributed by atoms with E-state index in [0.717, 1.165) is 30.2 Å². The van der Waals surface area contributed by atoms with Gasteiger partial charge in [-0.25, -0.2) is 8.42 Å². The third-order valence-corrected chi connectivity index (χ3v) is 7.58. The monoisotopic (exact) mass is 402 g/mol. The number of piperidine rings is 1. The van der Waals surface area contributed by atoms with Crippen molar-refractivity contribution in [2.75, 3.05) is 26.3 Å². The van der Waals surface area contributed by atoms with Crippen LogP contribution in [0, 0.1) is 5.92 Å². The van der Waals surface area contributed by atoms with Crippen LogP contribution < -0.4 is 5.32 Å². The quantitative estimate of drug-likeness (QED) is 0.853. The van der Waals surface area contributed by atoms with Crippen molar-refractivity contribution in [3.8, 4) is 0 Å². The lowest BCUT2D eigenvalue weighted by molar-refractivity contribution is -0.127. The van der Waals surface area contributed by atoms with E-state index in [1.807, 2.05) is 30.3 Å². The molecule has 0 radical (unpaired) electrons. The number of nitrogens with one attached hydrogen (secondary N) is 1. The normalized spacial score (nSPS) is 22.2. The zero-order valence-electron chi connectivity index (χ0n) is 15.8. The maximum atomic E-state index is 13.0. The fourth-order valence-corrected chi connectivity index (χ4v) is 5.51. The van der Waals surface area contributed by atoms with E-state index in [1.54, 1.807) is 12.1 Å². The Labute approximate surface area is 165 Å². The largest absolute Gasteiger partial charge is 0.379 e. The number of carbonyl (C=O) groups is 1. The SMILES string of the molecule is O=C(NC1CCCOC1)C1CCN(S(=O)(=O)c2ccc3ccccc3c2)CC1. The maximum Gasteiger partial charge on any atom is 0.243 e. The van der Waals surface area contributed by atoms with Gasteiger partial charge in [-0.05, 0) is 48.6 Å². The van der Waals surface area contributed by atoms with Crippen LogP contribution in [0.4, 0.5) is 0 Å². The average molecular weight is 403 g/mol. The highest BCUT2D eigenvalue weighted by atomic mass is 32.2. The minimum Gasteiger partial charge on any atom is -0.379 e. The van der Waals surface area contributed by atoms with Crippen LogP contribution in [-0.2, 0) is 19.6 Å². The summed E-state index contributed by atoms with van der Waals surface area (Å²) in [7, 11) is -3.55. The van der Waals surface area contributed by atoms with Crippen LogP contribution in [0.25, 0.3) is 10.8 Å². The summed E-state index contributed by atoms with van der Waals surface area (Å²) < 4.78 is 33.0. The van der Waals surface area contributed by atoms with Gasteiger partial charge in [0.15, 0.2) is 0 Å². The molecule has 1 amide bonds. The first-order valence-electron chi connectivity index (χ1n) is 9.91. The van der Waals surface area contributed by atoms with Gasteiger partial charge >= 0.3 is 0 Å². The zero-order valence-corrected chi connectivity index (χ0v) is 16.7. The van der Waals surface area contributed by atoms with Gasteiger partial charge in [0, 0.05) is 25.6 Å². The van der Waals surface area contributed by atoms with E-state index >= 15 is 0 Å². The molecule has 0 aliphatic carbocycles. The van der Waals surface area contributed by atoms with Crippen molar-refractivity contribution >= 4 is 26.7 Å². The fourth-order valence-electron chi connectivity index (χ4n) is 4.01. The second-order valence-corrected chi connectivity index (χ2v) is 9.55.